The van der Waals surface area contributed by atoms with Gasteiger partial charge < -0.3 is 14.8 Å². The molecule has 178 valence electrons. The number of nitrogens with zero attached hydrogens (tertiary/aromatic N) is 4. The smallest absolute Gasteiger partial charge is 0.341 e. The molecule has 10 nitrogen and oxygen atoms in total. The number of hydrogen-bond acceptors (Lipinski definition) is 9. The lowest BCUT2D eigenvalue weighted by Gasteiger charge is -2.14. The number of nitrogens with one attached hydrogen (secondary N) is 1. The molecule has 0 spiro atoms. The summed E-state index contributed by atoms with van der Waals surface area (Å²) in [7, 11) is 0. The molecule has 4 aromatic rings. The van der Waals surface area contributed by atoms with E-state index < -0.39 is 23.9 Å². The van der Waals surface area contributed by atoms with E-state index in [2.05, 4.69) is 20.8 Å². The molecule has 2 aromatic carbocycles. The van der Waals surface area contributed by atoms with Crippen molar-refractivity contribution >= 4 is 34.2 Å². The van der Waals surface area contributed by atoms with Crippen LogP contribution < -0.4 is 5.32 Å². The fourth-order valence-corrected chi connectivity index (χ4v) is 4.19. The van der Waals surface area contributed by atoms with E-state index in [1.54, 1.807) is 37.3 Å². The fraction of sp³-hybridized carbons (Fsp3) is 0.167. The summed E-state index contributed by atoms with van der Waals surface area (Å²) in [5.41, 5.74) is 1.92. The number of aromatic nitrogens is 4. The second-order valence-electron chi connectivity index (χ2n) is 7.28. The Morgan fingerprint density at radius 1 is 1.06 bits per heavy atom. The molecule has 1 amide bonds. The van der Waals surface area contributed by atoms with Crippen LogP contribution >= 0.6 is 11.3 Å². The Morgan fingerprint density at radius 3 is 2.57 bits per heavy atom. The van der Waals surface area contributed by atoms with Gasteiger partial charge in [0.15, 0.2) is 6.10 Å². The van der Waals surface area contributed by atoms with Gasteiger partial charge in [-0.25, -0.2) is 14.3 Å². The minimum atomic E-state index is -1.13. The molecule has 0 aliphatic heterocycles. The Hall–Kier alpha value is -4.38. The third-order valence-corrected chi connectivity index (χ3v) is 5.97. The first kappa shape index (κ1) is 23.8. The summed E-state index contributed by atoms with van der Waals surface area (Å²) in [5, 5.41) is 13.9. The van der Waals surface area contributed by atoms with Crippen molar-refractivity contribution in [1.82, 2.24) is 20.2 Å². The molecule has 0 saturated carbocycles. The van der Waals surface area contributed by atoms with E-state index >= 15 is 0 Å². The lowest BCUT2D eigenvalue weighted by atomic mass is 10.1. The fourth-order valence-electron chi connectivity index (χ4n) is 3.14. The Morgan fingerprint density at radius 2 is 1.86 bits per heavy atom. The van der Waals surface area contributed by atoms with Crippen LogP contribution in [0.5, 0.6) is 0 Å². The zero-order chi connectivity index (χ0) is 24.8. The number of benzene rings is 2. The summed E-state index contributed by atoms with van der Waals surface area (Å²) >= 11 is 1.23. The predicted molar refractivity (Wildman–Crippen MR) is 128 cm³/mol. The van der Waals surface area contributed by atoms with Crippen molar-refractivity contribution in [3.05, 3.63) is 78.1 Å². The van der Waals surface area contributed by atoms with Crippen molar-refractivity contribution in [2.45, 2.75) is 20.0 Å². The Balaban J connectivity index is 1.49. The third kappa shape index (κ3) is 5.58. The molecule has 4 rings (SSSR count). The molecule has 11 heteroatoms. The van der Waals surface area contributed by atoms with Crippen LogP contribution in [0.3, 0.4) is 0 Å². The highest BCUT2D eigenvalue weighted by Gasteiger charge is 2.24. The van der Waals surface area contributed by atoms with Gasteiger partial charge >= 0.3 is 11.9 Å². The van der Waals surface area contributed by atoms with E-state index in [0.717, 1.165) is 10.4 Å². The highest BCUT2D eigenvalue weighted by Crippen LogP contribution is 2.36. The van der Waals surface area contributed by atoms with E-state index in [9.17, 15) is 14.4 Å². The molecule has 0 fully saturated rings. The van der Waals surface area contributed by atoms with Gasteiger partial charge in [-0.2, -0.15) is 0 Å². The van der Waals surface area contributed by atoms with E-state index in [0.29, 0.717) is 10.7 Å². The number of tetrazole rings is 1. The average molecular weight is 492 g/mol. The molecule has 35 heavy (non-hydrogen) atoms. The van der Waals surface area contributed by atoms with Crippen molar-refractivity contribution in [2.75, 3.05) is 11.9 Å². The lowest BCUT2D eigenvalue weighted by molar-refractivity contribution is -0.123. The monoisotopic (exact) mass is 491 g/mol. The number of ether oxygens (including phenoxy) is 2. The number of amides is 1. The number of anilines is 1. The first-order valence-electron chi connectivity index (χ1n) is 10.7. The molecule has 0 saturated heterocycles. The van der Waals surface area contributed by atoms with Crippen LogP contribution in [0.1, 0.15) is 34.6 Å². The first-order chi connectivity index (χ1) is 17.0. The summed E-state index contributed by atoms with van der Waals surface area (Å²) in [6.45, 7) is 3.35. The maximum absolute atomic E-state index is 12.8. The quantitative estimate of drug-likeness (QED) is 0.370. The van der Waals surface area contributed by atoms with E-state index in [1.165, 1.54) is 29.3 Å². The lowest BCUT2D eigenvalue weighted by Crippen LogP contribution is -2.30. The van der Waals surface area contributed by atoms with Gasteiger partial charge in [0.1, 0.15) is 11.3 Å². The van der Waals surface area contributed by atoms with Gasteiger partial charge in [-0.05, 0) is 54.1 Å². The van der Waals surface area contributed by atoms with Crippen molar-refractivity contribution in [3.63, 3.8) is 0 Å². The molecule has 1 N–H and O–H groups in total. The number of esters is 2. The third-order valence-electron chi connectivity index (χ3n) is 4.87. The molecule has 0 radical (unpaired) electrons. The summed E-state index contributed by atoms with van der Waals surface area (Å²) < 4.78 is 11.9. The highest BCUT2D eigenvalue weighted by atomic mass is 32.1. The molecule has 0 bridgehead atoms. The molecule has 1 atom stereocenters. The molecular formula is C24H21N5O5S. The van der Waals surface area contributed by atoms with Gasteiger partial charge in [-0.3, -0.25) is 4.79 Å². The largest absolute Gasteiger partial charge is 0.462 e. The van der Waals surface area contributed by atoms with Crippen molar-refractivity contribution in [3.8, 4) is 16.1 Å². The van der Waals surface area contributed by atoms with E-state index in [4.69, 9.17) is 9.47 Å². The molecule has 1 unspecified atom stereocenters. The number of thiophene rings is 1. The maximum Gasteiger partial charge on any atom is 0.341 e. The summed E-state index contributed by atoms with van der Waals surface area (Å²) in [6.07, 6.45) is 0.267. The normalized spacial score (nSPS) is 11.5. The average Bonchev–Trinajstić information content (AvgIpc) is 3.55. The maximum atomic E-state index is 12.8. The van der Waals surface area contributed by atoms with Crippen molar-refractivity contribution in [2.24, 2.45) is 0 Å². The minimum absolute atomic E-state index is 0.195. The predicted octanol–water partition coefficient (Wildman–Crippen LogP) is 3.75. The summed E-state index contributed by atoms with van der Waals surface area (Å²) in [6, 6.07) is 17.6. The van der Waals surface area contributed by atoms with Gasteiger partial charge in [0.25, 0.3) is 5.91 Å². The Labute approximate surface area is 204 Å². The van der Waals surface area contributed by atoms with Crippen LogP contribution in [-0.2, 0) is 14.3 Å². The summed E-state index contributed by atoms with van der Waals surface area (Å²) in [5.74, 6) is -1.82. The first-order valence-corrected chi connectivity index (χ1v) is 11.5. The van der Waals surface area contributed by atoms with Crippen LogP contribution in [-0.4, -0.2) is 50.8 Å². The number of hydrogen-bond donors (Lipinski definition) is 1. The summed E-state index contributed by atoms with van der Waals surface area (Å²) in [4.78, 5) is 38.8. The van der Waals surface area contributed by atoms with Gasteiger partial charge in [-0.1, -0.05) is 36.4 Å². The van der Waals surface area contributed by atoms with Gasteiger partial charge in [-0.15, -0.1) is 16.4 Å². The van der Waals surface area contributed by atoms with Crippen molar-refractivity contribution in [1.29, 1.82) is 0 Å². The molecule has 2 heterocycles. The van der Waals surface area contributed by atoms with Gasteiger partial charge in [0.05, 0.1) is 23.4 Å². The second-order valence-corrected chi connectivity index (χ2v) is 8.33. The van der Waals surface area contributed by atoms with E-state index in [-0.39, 0.29) is 17.7 Å². The standard InChI is InChI=1S/C24H21N5O5S/c1-3-33-24(32)19-13-20(16-8-5-4-6-9-16)35-22(19)26-21(30)15(2)34-23(31)17-10-7-11-18(12-17)29-14-25-27-28-29/h4-15H,3H2,1-2H3,(H,26,30). The highest BCUT2D eigenvalue weighted by molar-refractivity contribution is 7.20. The van der Waals surface area contributed by atoms with Crippen LogP contribution in [0.4, 0.5) is 5.00 Å². The SMILES string of the molecule is CCOC(=O)c1cc(-c2ccccc2)sc1NC(=O)C(C)OC(=O)c1cccc(-n2cnnn2)c1. The molecule has 2 aromatic heterocycles. The zero-order valence-electron chi connectivity index (χ0n) is 18.9. The number of carbonyl (C=O) groups is 3. The Bertz CT molecular complexity index is 1340. The zero-order valence-corrected chi connectivity index (χ0v) is 19.7. The van der Waals surface area contributed by atoms with Crippen molar-refractivity contribution < 1.29 is 23.9 Å². The van der Waals surface area contributed by atoms with Gasteiger partial charge in [0.2, 0.25) is 0 Å². The molecule has 0 aliphatic carbocycles. The van der Waals surface area contributed by atoms with Gasteiger partial charge in [0, 0.05) is 4.88 Å². The number of rotatable bonds is 8. The Kier molecular flexibility index (Phi) is 7.27. The number of carbonyl (C=O) groups excluding carboxylic acids is 3. The second kappa shape index (κ2) is 10.7. The van der Waals surface area contributed by atoms with Crippen LogP contribution in [0.15, 0.2) is 67.0 Å². The molecular weight excluding hydrogens is 470 g/mol. The van der Waals surface area contributed by atoms with Crippen LogP contribution in [0.25, 0.3) is 16.1 Å². The van der Waals surface area contributed by atoms with E-state index in [1.807, 2.05) is 30.3 Å². The van der Waals surface area contributed by atoms with Crippen LogP contribution in [0.2, 0.25) is 0 Å². The van der Waals surface area contributed by atoms with Crippen LogP contribution in [0, 0.1) is 0 Å². The molecule has 0 aliphatic rings. The topological polar surface area (TPSA) is 125 Å². The minimum Gasteiger partial charge on any atom is -0.462 e.